The quantitative estimate of drug-likeness (QED) is 0.0437. The molecule has 0 saturated carbocycles. The number of para-hydroxylation sites is 3. The summed E-state index contributed by atoms with van der Waals surface area (Å²) in [6, 6.07) is 69.8. The zero-order chi connectivity index (χ0) is 76.0. The number of allylic oxidation sites excluding steroid dienone is 2. The Morgan fingerprint density at radius 1 is 0.374 bits per heavy atom. The van der Waals surface area contributed by atoms with Crippen molar-refractivity contribution in [2.24, 2.45) is 0 Å². The second-order valence-electron chi connectivity index (χ2n) is 17.7. The molecule has 7 aromatic carbocycles. The smallest absolute Gasteiger partial charge is 0.376 e. The van der Waals surface area contributed by atoms with Crippen LogP contribution in [0.2, 0.25) is 0 Å². The number of nitrogens with zero attached hydrogens (tertiary/aromatic N) is 7. The van der Waals surface area contributed by atoms with Crippen molar-refractivity contribution in [3.8, 4) is 59.7 Å². The van der Waals surface area contributed by atoms with Crippen LogP contribution in [0.1, 0.15) is 110 Å². The lowest BCUT2D eigenvalue weighted by Crippen LogP contribution is -2.27. The minimum atomic E-state index is -5.55. The van der Waals surface area contributed by atoms with Crippen molar-refractivity contribution in [2.45, 2.75) is 110 Å². The first kappa shape index (κ1) is 99.1. The molecule has 532 valence electrons. The topological polar surface area (TPSA) is 317 Å². The Balaban J connectivity index is -0.000000244. The fourth-order valence-electron chi connectivity index (χ4n) is 4.22. The molecule has 0 aromatic heterocycles. The van der Waals surface area contributed by atoms with Gasteiger partial charge < -0.3 is 17.7 Å². The molecule has 99 heavy (non-hydrogen) atoms. The van der Waals surface area contributed by atoms with Gasteiger partial charge in [-0.25, -0.2) is 0 Å². The normalized spacial score (nSPS) is 9.63. The fourth-order valence-corrected chi connectivity index (χ4v) is 5.60. The van der Waals surface area contributed by atoms with Crippen LogP contribution in [0.25, 0.3) is 0 Å². The molecule has 0 atom stereocenters. The number of hydrogen-bond acceptors (Lipinski definition) is 17. The van der Waals surface area contributed by atoms with Gasteiger partial charge in [0.2, 0.25) is 0 Å². The summed E-state index contributed by atoms with van der Waals surface area (Å²) >= 11 is 0. The van der Waals surface area contributed by atoms with E-state index in [9.17, 15) is 64.8 Å². The predicted molar refractivity (Wildman–Crippen MR) is 361 cm³/mol. The van der Waals surface area contributed by atoms with Gasteiger partial charge >= 0.3 is 46.9 Å². The lowest BCUT2D eigenvalue weighted by molar-refractivity contribution is -0.0504. The van der Waals surface area contributed by atoms with Crippen LogP contribution in [0.15, 0.2) is 238 Å². The van der Waals surface area contributed by atoms with Crippen molar-refractivity contribution in [3.05, 3.63) is 260 Å². The first-order chi connectivity index (χ1) is 45.9. The first-order valence-electron chi connectivity index (χ1n) is 28.0. The molecule has 17 nitrogen and oxygen atoms in total. The molecule has 0 aliphatic heterocycles. The second-order valence-corrected chi connectivity index (χ2v) is 22.3. The van der Waals surface area contributed by atoms with E-state index in [1.807, 2.05) is 135 Å². The number of hydrogen-bond donors (Lipinski definition) is 1. The van der Waals surface area contributed by atoms with Gasteiger partial charge in [0.15, 0.2) is 0 Å². The third-order valence-electron chi connectivity index (χ3n) is 8.88. The maximum absolute atomic E-state index is 11.8. The molecule has 7 rings (SSSR count). The Hall–Kier alpha value is -11.0. The average Bonchev–Trinajstić information content (AvgIpc) is 0.846. The van der Waals surface area contributed by atoms with Crippen molar-refractivity contribution >= 4 is 30.4 Å². The fraction of sp³-hybridized carbons (Fsp3) is 0.243. The highest BCUT2D eigenvalue weighted by atomic mass is 32.2. The van der Waals surface area contributed by atoms with Crippen LogP contribution in [-0.2, 0) is 30.4 Å². The SMILES string of the molecule is C.C=CCC.C=CCC.CC(C)(O)C#N.CCCC#N.CCCC#N.N#Cc1ccccc1.N#Cc1ccccc1.N#Cc1ccccc1.N#Cc1ccccc1.O=S(=O)(Oc1ccccc1)C(F)(F)F.O=S(=O)(Oc1ccccc1)C(F)(F)F.O=S(=O)(Oc1ccccc1)C(F)(F)F. The Kier molecular flexibility index (Phi) is 58.4. The van der Waals surface area contributed by atoms with E-state index < -0.39 is 52.5 Å². The summed E-state index contributed by atoms with van der Waals surface area (Å²) in [5.41, 5.74) is -14.5. The third kappa shape index (κ3) is 58.1. The molecule has 0 aliphatic rings. The van der Waals surface area contributed by atoms with E-state index in [4.69, 9.17) is 41.9 Å². The van der Waals surface area contributed by atoms with Crippen molar-refractivity contribution in [1.82, 2.24) is 0 Å². The second kappa shape index (κ2) is 58.4. The van der Waals surface area contributed by atoms with Crippen LogP contribution >= 0.6 is 0 Å². The van der Waals surface area contributed by atoms with Crippen LogP contribution in [0.5, 0.6) is 17.2 Å². The van der Waals surface area contributed by atoms with E-state index in [0.29, 0.717) is 35.1 Å². The van der Waals surface area contributed by atoms with Gasteiger partial charge in [-0.15, -0.1) is 13.2 Å². The summed E-state index contributed by atoms with van der Waals surface area (Å²) in [4.78, 5) is 0. The molecular formula is C70H76F9N7O10S3. The lowest BCUT2D eigenvalue weighted by Gasteiger charge is -2.08. The molecular weight excluding hydrogens is 1370 g/mol. The van der Waals surface area contributed by atoms with Gasteiger partial charge in [0, 0.05) is 12.8 Å². The summed E-state index contributed by atoms with van der Waals surface area (Å²) < 4.78 is 181. The molecule has 0 unspecified atom stereocenters. The summed E-state index contributed by atoms with van der Waals surface area (Å²) in [6.45, 7) is 17.9. The molecule has 0 spiro atoms. The molecule has 7 aromatic rings. The van der Waals surface area contributed by atoms with E-state index in [1.54, 1.807) is 54.6 Å². The van der Waals surface area contributed by atoms with Gasteiger partial charge in [-0.1, -0.05) is 175 Å². The van der Waals surface area contributed by atoms with Crippen LogP contribution in [0.4, 0.5) is 39.5 Å². The van der Waals surface area contributed by atoms with Gasteiger partial charge in [0.05, 0.1) is 64.7 Å². The highest BCUT2D eigenvalue weighted by molar-refractivity contribution is 7.88. The maximum atomic E-state index is 11.8. The van der Waals surface area contributed by atoms with Crippen LogP contribution < -0.4 is 12.5 Å². The number of unbranched alkanes of at least 4 members (excludes halogenated alkanes) is 2. The molecule has 0 aliphatic carbocycles. The van der Waals surface area contributed by atoms with Gasteiger partial charge in [0.1, 0.15) is 22.8 Å². The zero-order valence-corrected chi connectivity index (χ0v) is 56.3. The predicted octanol–water partition coefficient (Wildman–Crippen LogP) is 18.7. The van der Waals surface area contributed by atoms with Gasteiger partial charge in [-0.05, 0) is 124 Å². The Labute approximate surface area is 576 Å². The number of aliphatic hydroxyl groups is 1. The lowest BCUT2D eigenvalue weighted by atomic mass is 10.2. The highest BCUT2D eigenvalue weighted by Gasteiger charge is 2.50. The van der Waals surface area contributed by atoms with Crippen LogP contribution in [-0.4, -0.2) is 52.5 Å². The number of rotatable bonds is 10. The maximum Gasteiger partial charge on any atom is 0.534 e. The third-order valence-corrected chi connectivity index (χ3v) is 11.8. The summed E-state index contributed by atoms with van der Waals surface area (Å²) in [5.74, 6) is -1.11. The van der Waals surface area contributed by atoms with E-state index in [0.717, 1.165) is 62.1 Å². The molecule has 0 fully saturated rings. The molecule has 1 N–H and O–H groups in total. The molecule has 0 heterocycles. The standard InChI is InChI=1S/3C7H5F3O3S.4C7H5N.C4H7NO.2C4H7N.2C4H8.CH4/c3*8-7(9,10)14(11,12)13-6-4-2-1-3-5-6;4*8-6-7-4-2-1-3-5-7;1-4(2,6)3-5;2*1-2-3-4-5;2*1-3-4-2;/h3*1-5H;4*1-5H;6H,1-2H3;2*2-3H2,1H3;2*3H,1,4H2,2H3;1H4. The Morgan fingerprint density at radius 2 is 0.525 bits per heavy atom. The zero-order valence-electron chi connectivity index (χ0n) is 53.9. The van der Waals surface area contributed by atoms with E-state index in [1.165, 1.54) is 68.4 Å². The largest absolute Gasteiger partial charge is 0.534 e. The van der Waals surface area contributed by atoms with Crippen LogP contribution in [0.3, 0.4) is 0 Å². The van der Waals surface area contributed by atoms with Gasteiger partial charge in [0.25, 0.3) is 0 Å². The molecule has 29 heteroatoms. The molecule has 0 radical (unpaired) electrons. The summed E-state index contributed by atoms with van der Waals surface area (Å²) in [5, 5.41) is 65.2. The van der Waals surface area contributed by atoms with Crippen molar-refractivity contribution < 1.29 is 82.4 Å². The van der Waals surface area contributed by atoms with E-state index >= 15 is 0 Å². The number of nitriles is 7. The molecule has 0 bridgehead atoms. The van der Waals surface area contributed by atoms with Crippen LogP contribution in [0, 0.1) is 79.3 Å². The van der Waals surface area contributed by atoms with Crippen molar-refractivity contribution in [1.29, 1.82) is 36.8 Å². The number of benzene rings is 7. The number of alkyl halides is 9. The van der Waals surface area contributed by atoms with E-state index in [2.05, 4.69) is 39.6 Å². The number of halogens is 9. The molecule has 0 amide bonds. The summed E-state index contributed by atoms with van der Waals surface area (Å²) in [6.07, 6.45) is 9.27. The van der Waals surface area contributed by atoms with Crippen molar-refractivity contribution in [3.63, 3.8) is 0 Å². The van der Waals surface area contributed by atoms with E-state index in [-0.39, 0.29) is 24.7 Å². The Morgan fingerprint density at radius 3 is 0.606 bits per heavy atom. The minimum Gasteiger partial charge on any atom is -0.376 e. The minimum absolute atomic E-state index is 0. The van der Waals surface area contributed by atoms with Gasteiger partial charge in [-0.2, -0.15) is 102 Å². The average molecular weight is 1440 g/mol. The highest BCUT2D eigenvalue weighted by Crippen LogP contribution is 2.28. The molecule has 0 saturated heterocycles. The summed E-state index contributed by atoms with van der Waals surface area (Å²) in [7, 11) is -16.7. The van der Waals surface area contributed by atoms with Crippen molar-refractivity contribution in [2.75, 3.05) is 0 Å². The first-order valence-corrected chi connectivity index (χ1v) is 32.2. The van der Waals surface area contributed by atoms with Gasteiger partial charge in [-0.3, -0.25) is 0 Å². The monoisotopic (exact) mass is 1440 g/mol. The Bertz CT molecular complexity index is 3460.